The lowest BCUT2D eigenvalue weighted by Gasteiger charge is -2.32. The zero-order chi connectivity index (χ0) is 20.7. The van der Waals surface area contributed by atoms with Crippen LogP contribution in [0.25, 0.3) is 21.9 Å². The number of para-hydroxylation sites is 1. The van der Waals surface area contributed by atoms with Gasteiger partial charge in [-0.25, -0.2) is 9.97 Å². The highest BCUT2D eigenvalue weighted by Crippen LogP contribution is 2.29. The van der Waals surface area contributed by atoms with E-state index in [1.807, 2.05) is 36.2 Å². The fraction of sp³-hybridized carbons (Fsp3) is 0.292. The predicted molar refractivity (Wildman–Crippen MR) is 120 cm³/mol. The van der Waals surface area contributed by atoms with Crippen LogP contribution < -0.4 is 0 Å². The van der Waals surface area contributed by atoms with Crippen LogP contribution in [0, 0.1) is 0 Å². The second-order valence-corrected chi connectivity index (χ2v) is 8.49. The SMILES string of the molecule is Cn1cc(CC(=O)N2CCC(c3ccc4cc(Cl)cnc4n3)CC2)c2ccccc21. The standard InChI is InChI=1S/C24H23ClN4O/c1-28-15-18(20-4-2-3-5-22(20)28)13-23(30)29-10-8-16(9-11-29)21-7-6-17-12-19(25)14-26-24(17)27-21/h2-7,12,14-16H,8-11,13H2,1H3. The molecule has 0 N–H and O–H groups in total. The molecule has 0 spiro atoms. The van der Waals surface area contributed by atoms with Gasteiger partial charge in [-0.1, -0.05) is 29.8 Å². The first-order chi connectivity index (χ1) is 14.6. The van der Waals surface area contributed by atoms with E-state index in [1.165, 1.54) is 0 Å². The average molecular weight is 419 g/mol. The van der Waals surface area contributed by atoms with E-state index in [-0.39, 0.29) is 5.91 Å². The van der Waals surface area contributed by atoms with E-state index in [9.17, 15) is 4.79 Å². The average Bonchev–Trinajstić information content (AvgIpc) is 3.09. The summed E-state index contributed by atoms with van der Waals surface area (Å²) in [7, 11) is 2.03. The molecule has 1 aromatic carbocycles. The summed E-state index contributed by atoms with van der Waals surface area (Å²) in [6, 6.07) is 14.2. The molecule has 0 aliphatic carbocycles. The summed E-state index contributed by atoms with van der Waals surface area (Å²) in [5.74, 6) is 0.557. The van der Waals surface area contributed by atoms with Gasteiger partial charge in [-0.3, -0.25) is 4.79 Å². The Kier molecular flexibility index (Phi) is 4.91. The highest BCUT2D eigenvalue weighted by Gasteiger charge is 2.25. The minimum atomic E-state index is 0.201. The van der Waals surface area contributed by atoms with Gasteiger partial charge in [-0.05, 0) is 42.7 Å². The number of carbonyl (C=O) groups is 1. The first kappa shape index (κ1) is 19.1. The predicted octanol–water partition coefficient (Wildman–Crippen LogP) is 4.72. The quantitative estimate of drug-likeness (QED) is 0.483. The third kappa shape index (κ3) is 3.54. The number of halogens is 1. The maximum absolute atomic E-state index is 12.9. The van der Waals surface area contributed by atoms with Crippen molar-refractivity contribution in [3.05, 3.63) is 71.1 Å². The van der Waals surface area contributed by atoms with Crippen molar-refractivity contribution in [2.75, 3.05) is 13.1 Å². The van der Waals surface area contributed by atoms with Gasteiger partial charge in [0, 0.05) is 60.4 Å². The number of fused-ring (bicyclic) bond motifs is 2. The van der Waals surface area contributed by atoms with Crippen LogP contribution in [0.5, 0.6) is 0 Å². The molecular formula is C24H23ClN4O. The van der Waals surface area contributed by atoms with Crippen molar-refractivity contribution in [2.24, 2.45) is 7.05 Å². The van der Waals surface area contributed by atoms with Crippen LogP contribution in [0.3, 0.4) is 0 Å². The fourth-order valence-corrected chi connectivity index (χ4v) is 4.66. The third-order valence-electron chi connectivity index (χ3n) is 6.12. The topological polar surface area (TPSA) is 51.0 Å². The minimum absolute atomic E-state index is 0.201. The molecule has 6 heteroatoms. The fourth-order valence-electron chi connectivity index (χ4n) is 4.49. The molecule has 152 valence electrons. The van der Waals surface area contributed by atoms with Crippen LogP contribution in [0.1, 0.15) is 30.0 Å². The van der Waals surface area contributed by atoms with Crippen LogP contribution in [0.2, 0.25) is 5.02 Å². The van der Waals surface area contributed by atoms with Gasteiger partial charge >= 0.3 is 0 Å². The first-order valence-electron chi connectivity index (χ1n) is 10.3. The number of hydrogen-bond acceptors (Lipinski definition) is 3. The summed E-state index contributed by atoms with van der Waals surface area (Å²) in [6.07, 6.45) is 6.01. The van der Waals surface area contributed by atoms with Gasteiger partial charge in [0.05, 0.1) is 11.4 Å². The molecule has 1 saturated heterocycles. The molecule has 0 atom stereocenters. The lowest BCUT2D eigenvalue weighted by Crippen LogP contribution is -2.38. The molecule has 5 nitrogen and oxygen atoms in total. The van der Waals surface area contributed by atoms with Crippen molar-refractivity contribution >= 4 is 39.4 Å². The Bertz CT molecular complexity index is 1240. The molecule has 4 aromatic rings. The van der Waals surface area contributed by atoms with Crippen LogP contribution in [-0.4, -0.2) is 38.4 Å². The number of nitrogens with zero attached hydrogens (tertiary/aromatic N) is 4. The first-order valence-corrected chi connectivity index (χ1v) is 10.7. The molecule has 5 rings (SSSR count). The lowest BCUT2D eigenvalue weighted by molar-refractivity contribution is -0.131. The summed E-state index contributed by atoms with van der Waals surface area (Å²) in [5.41, 5.74) is 4.04. The molecule has 30 heavy (non-hydrogen) atoms. The van der Waals surface area contributed by atoms with E-state index in [0.29, 0.717) is 17.4 Å². The highest BCUT2D eigenvalue weighted by atomic mass is 35.5. The third-order valence-corrected chi connectivity index (χ3v) is 6.32. The molecule has 0 saturated carbocycles. The molecule has 0 bridgehead atoms. The summed E-state index contributed by atoms with van der Waals surface area (Å²) in [6.45, 7) is 1.53. The summed E-state index contributed by atoms with van der Waals surface area (Å²) >= 11 is 6.02. The number of aryl methyl sites for hydroxylation is 1. The molecule has 3 aromatic heterocycles. The second-order valence-electron chi connectivity index (χ2n) is 8.05. The van der Waals surface area contributed by atoms with E-state index >= 15 is 0 Å². The summed E-state index contributed by atoms with van der Waals surface area (Å²) < 4.78 is 2.09. The van der Waals surface area contributed by atoms with Crippen molar-refractivity contribution in [1.82, 2.24) is 19.4 Å². The minimum Gasteiger partial charge on any atom is -0.350 e. The van der Waals surface area contributed by atoms with Crippen molar-refractivity contribution in [2.45, 2.75) is 25.2 Å². The molecule has 1 amide bonds. The van der Waals surface area contributed by atoms with Crippen molar-refractivity contribution in [1.29, 1.82) is 0 Å². The Morgan fingerprint density at radius 2 is 1.97 bits per heavy atom. The Hall–Kier alpha value is -2.92. The number of rotatable bonds is 3. The number of pyridine rings is 2. The summed E-state index contributed by atoms with van der Waals surface area (Å²) in [4.78, 5) is 24.0. The lowest BCUT2D eigenvalue weighted by atomic mass is 9.92. The van der Waals surface area contributed by atoms with Crippen LogP contribution in [-0.2, 0) is 18.3 Å². The van der Waals surface area contributed by atoms with Gasteiger partial charge in [-0.15, -0.1) is 0 Å². The zero-order valence-electron chi connectivity index (χ0n) is 16.9. The van der Waals surface area contributed by atoms with Crippen LogP contribution >= 0.6 is 11.6 Å². The molecule has 1 aliphatic rings. The number of aromatic nitrogens is 3. The van der Waals surface area contributed by atoms with E-state index in [2.05, 4.69) is 33.9 Å². The number of likely N-dealkylation sites (tertiary alicyclic amines) is 1. The van der Waals surface area contributed by atoms with Gasteiger partial charge in [-0.2, -0.15) is 0 Å². The Balaban J connectivity index is 1.26. The normalized spacial score (nSPS) is 15.2. The van der Waals surface area contributed by atoms with Gasteiger partial charge in [0.25, 0.3) is 0 Å². The maximum atomic E-state index is 12.9. The van der Waals surface area contributed by atoms with Crippen LogP contribution in [0.15, 0.2) is 54.9 Å². The number of carbonyl (C=O) groups excluding carboxylic acids is 1. The zero-order valence-corrected chi connectivity index (χ0v) is 17.6. The van der Waals surface area contributed by atoms with Gasteiger partial charge in [0.15, 0.2) is 5.65 Å². The number of benzene rings is 1. The summed E-state index contributed by atoms with van der Waals surface area (Å²) in [5, 5.41) is 2.74. The van der Waals surface area contributed by atoms with Crippen molar-refractivity contribution in [3.8, 4) is 0 Å². The Morgan fingerprint density at radius 3 is 2.80 bits per heavy atom. The molecule has 0 radical (unpaired) electrons. The smallest absolute Gasteiger partial charge is 0.227 e. The van der Waals surface area contributed by atoms with E-state index in [1.54, 1.807) is 6.20 Å². The van der Waals surface area contributed by atoms with Crippen LogP contribution in [0.4, 0.5) is 0 Å². The number of piperidine rings is 1. The molecular weight excluding hydrogens is 396 g/mol. The van der Waals surface area contributed by atoms with E-state index < -0.39 is 0 Å². The number of hydrogen-bond donors (Lipinski definition) is 0. The van der Waals surface area contributed by atoms with Crippen molar-refractivity contribution < 1.29 is 4.79 Å². The van der Waals surface area contributed by atoms with Crippen molar-refractivity contribution in [3.63, 3.8) is 0 Å². The number of amides is 1. The Labute approximate surface area is 180 Å². The maximum Gasteiger partial charge on any atom is 0.227 e. The molecule has 4 heterocycles. The Morgan fingerprint density at radius 1 is 1.17 bits per heavy atom. The van der Waals surface area contributed by atoms with Gasteiger partial charge in [0.2, 0.25) is 5.91 Å². The van der Waals surface area contributed by atoms with Gasteiger partial charge < -0.3 is 9.47 Å². The molecule has 0 unspecified atom stereocenters. The monoisotopic (exact) mass is 418 g/mol. The highest BCUT2D eigenvalue weighted by molar-refractivity contribution is 6.31. The molecule has 1 fully saturated rings. The molecule has 1 aliphatic heterocycles. The second kappa shape index (κ2) is 7.73. The van der Waals surface area contributed by atoms with Gasteiger partial charge in [0.1, 0.15) is 0 Å². The van der Waals surface area contributed by atoms with E-state index in [0.717, 1.165) is 59.1 Å². The van der Waals surface area contributed by atoms with E-state index in [4.69, 9.17) is 16.6 Å². The largest absolute Gasteiger partial charge is 0.350 e.